The topological polar surface area (TPSA) is 156 Å². The fraction of sp³-hybridized carbons (Fsp3) is 0.105. The van der Waals surface area contributed by atoms with Crippen LogP contribution in [0.5, 0.6) is 0 Å². The summed E-state index contributed by atoms with van der Waals surface area (Å²) >= 11 is 5.95. The number of sulfonamides is 1. The SMILES string of the molecule is Cc1cc(C)nc(NS(=O)(=O)c2ccc(NC(=O)Nc3ccc([N+](=O)[O-])cc3Cl)cc2)n1. The van der Waals surface area contributed by atoms with E-state index < -0.39 is 21.0 Å². The molecule has 2 amide bonds. The van der Waals surface area contributed by atoms with E-state index >= 15 is 0 Å². The van der Waals surface area contributed by atoms with E-state index in [9.17, 15) is 23.3 Å². The zero-order chi connectivity index (χ0) is 23.5. The minimum atomic E-state index is -3.93. The Morgan fingerprint density at radius 2 is 1.62 bits per heavy atom. The molecular weight excluding hydrogens is 460 g/mol. The van der Waals surface area contributed by atoms with Crippen LogP contribution in [-0.4, -0.2) is 29.3 Å². The van der Waals surface area contributed by atoms with Crippen LogP contribution in [0, 0.1) is 24.0 Å². The van der Waals surface area contributed by atoms with Gasteiger partial charge >= 0.3 is 6.03 Å². The quantitative estimate of drug-likeness (QED) is 0.357. The molecule has 1 aromatic heterocycles. The molecule has 0 radical (unpaired) electrons. The van der Waals surface area contributed by atoms with Gasteiger partial charge in [-0.1, -0.05) is 11.6 Å². The molecule has 3 aromatic rings. The van der Waals surface area contributed by atoms with Crippen LogP contribution >= 0.6 is 11.6 Å². The molecular formula is C19H17ClN6O5S. The number of anilines is 3. The number of nitro groups is 1. The fourth-order valence-corrected chi connectivity index (χ4v) is 3.84. The molecule has 0 aliphatic carbocycles. The first-order valence-corrected chi connectivity index (χ1v) is 10.9. The molecule has 0 aliphatic rings. The van der Waals surface area contributed by atoms with Crippen LogP contribution < -0.4 is 15.4 Å². The highest BCUT2D eigenvalue weighted by Gasteiger charge is 2.17. The van der Waals surface area contributed by atoms with E-state index in [2.05, 4.69) is 25.3 Å². The number of urea groups is 1. The predicted octanol–water partition coefficient (Wildman–Crippen LogP) is 4.10. The summed E-state index contributed by atoms with van der Waals surface area (Å²) in [6.07, 6.45) is 0. The number of halogens is 1. The number of nitro benzene ring substituents is 1. The van der Waals surface area contributed by atoms with Crippen LogP contribution in [0.4, 0.5) is 27.8 Å². The van der Waals surface area contributed by atoms with Crippen LogP contribution in [0.2, 0.25) is 5.02 Å². The van der Waals surface area contributed by atoms with E-state index in [1.165, 1.54) is 36.4 Å². The Morgan fingerprint density at radius 3 is 2.19 bits per heavy atom. The number of hydrogen-bond acceptors (Lipinski definition) is 7. The second kappa shape index (κ2) is 9.16. The molecule has 0 saturated carbocycles. The van der Waals surface area contributed by atoms with Gasteiger partial charge in [0, 0.05) is 29.2 Å². The summed E-state index contributed by atoms with van der Waals surface area (Å²) in [7, 11) is -3.93. The third-order valence-electron chi connectivity index (χ3n) is 4.04. The Bertz CT molecular complexity index is 1280. The highest BCUT2D eigenvalue weighted by molar-refractivity contribution is 7.92. The Hall–Kier alpha value is -3.77. The average Bonchev–Trinajstić information content (AvgIpc) is 2.68. The molecule has 11 nitrogen and oxygen atoms in total. The third-order valence-corrected chi connectivity index (χ3v) is 5.70. The van der Waals surface area contributed by atoms with Crippen LogP contribution in [0.1, 0.15) is 11.4 Å². The van der Waals surface area contributed by atoms with Gasteiger partial charge in [0.05, 0.1) is 20.5 Å². The van der Waals surface area contributed by atoms with Crippen molar-refractivity contribution < 1.29 is 18.1 Å². The second-order valence-corrected chi connectivity index (χ2v) is 8.69. The number of nitrogens with zero attached hydrogens (tertiary/aromatic N) is 3. The standard InChI is InChI=1S/C19H17ClN6O5S/c1-11-9-12(2)22-18(21-11)25-32(30,31)15-6-3-13(4-7-15)23-19(27)24-17-8-5-14(26(28)29)10-16(17)20/h3-10H,1-2H3,(H,21,22,25)(H2,23,24,27). The van der Waals surface area contributed by atoms with Crippen molar-refractivity contribution in [3.63, 3.8) is 0 Å². The highest BCUT2D eigenvalue weighted by atomic mass is 35.5. The lowest BCUT2D eigenvalue weighted by Crippen LogP contribution is -2.20. The zero-order valence-corrected chi connectivity index (χ0v) is 18.4. The van der Waals surface area contributed by atoms with E-state index in [0.29, 0.717) is 17.1 Å². The van der Waals surface area contributed by atoms with Gasteiger partial charge in [-0.25, -0.2) is 27.9 Å². The maximum absolute atomic E-state index is 12.6. The number of aromatic nitrogens is 2. The maximum atomic E-state index is 12.6. The number of carbonyl (C=O) groups is 1. The highest BCUT2D eigenvalue weighted by Crippen LogP contribution is 2.27. The Morgan fingerprint density at radius 1 is 1.00 bits per heavy atom. The van der Waals surface area contributed by atoms with E-state index in [-0.39, 0.29) is 27.2 Å². The zero-order valence-electron chi connectivity index (χ0n) is 16.8. The Kier molecular flexibility index (Phi) is 6.55. The molecule has 0 atom stereocenters. The van der Waals surface area contributed by atoms with Crippen molar-refractivity contribution in [1.29, 1.82) is 0 Å². The van der Waals surface area contributed by atoms with Gasteiger partial charge < -0.3 is 10.6 Å². The number of hydrogen-bond donors (Lipinski definition) is 3. The van der Waals surface area contributed by atoms with Crippen molar-refractivity contribution in [2.24, 2.45) is 0 Å². The van der Waals surface area contributed by atoms with Gasteiger partial charge in [0.15, 0.2) is 0 Å². The summed E-state index contributed by atoms with van der Waals surface area (Å²) in [4.78, 5) is 30.4. The lowest BCUT2D eigenvalue weighted by molar-refractivity contribution is -0.384. The van der Waals surface area contributed by atoms with Gasteiger partial charge in [-0.2, -0.15) is 0 Å². The Balaban J connectivity index is 1.67. The van der Waals surface area contributed by atoms with Gasteiger partial charge in [0.2, 0.25) is 5.95 Å². The van der Waals surface area contributed by atoms with Gasteiger partial charge in [0.25, 0.3) is 15.7 Å². The minimum absolute atomic E-state index is 0.00419. The molecule has 1 heterocycles. The van der Waals surface area contributed by atoms with Crippen LogP contribution in [-0.2, 0) is 10.0 Å². The number of rotatable bonds is 6. The van der Waals surface area contributed by atoms with Crippen LogP contribution in [0.15, 0.2) is 53.4 Å². The second-order valence-electron chi connectivity index (χ2n) is 6.60. The van der Waals surface area contributed by atoms with Crippen molar-refractivity contribution in [3.8, 4) is 0 Å². The average molecular weight is 477 g/mol. The smallest absolute Gasteiger partial charge is 0.308 e. The molecule has 0 aliphatic heterocycles. The molecule has 32 heavy (non-hydrogen) atoms. The van der Waals surface area contributed by atoms with Gasteiger partial charge in [-0.05, 0) is 50.2 Å². The summed E-state index contributed by atoms with van der Waals surface area (Å²) in [5.41, 5.74) is 1.51. The monoisotopic (exact) mass is 476 g/mol. The molecule has 3 N–H and O–H groups in total. The largest absolute Gasteiger partial charge is 0.323 e. The number of amides is 2. The third kappa shape index (κ3) is 5.68. The molecule has 2 aromatic carbocycles. The first-order valence-electron chi connectivity index (χ1n) is 9.00. The normalized spacial score (nSPS) is 11.0. The van der Waals surface area contributed by atoms with Crippen molar-refractivity contribution in [3.05, 3.63) is 75.1 Å². The molecule has 13 heteroatoms. The number of nitrogens with one attached hydrogen (secondary N) is 3. The van der Waals surface area contributed by atoms with Crippen LogP contribution in [0.3, 0.4) is 0 Å². The van der Waals surface area contributed by atoms with Crippen LogP contribution in [0.25, 0.3) is 0 Å². The maximum Gasteiger partial charge on any atom is 0.323 e. The molecule has 3 rings (SSSR count). The minimum Gasteiger partial charge on any atom is -0.308 e. The van der Waals surface area contributed by atoms with Crippen molar-refractivity contribution >= 4 is 50.7 Å². The van der Waals surface area contributed by atoms with Gasteiger partial charge in [-0.15, -0.1) is 0 Å². The number of benzene rings is 2. The molecule has 0 saturated heterocycles. The van der Waals surface area contributed by atoms with E-state index in [4.69, 9.17) is 11.6 Å². The lowest BCUT2D eigenvalue weighted by Gasteiger charge is -2.10. The van der Waals surface area contributed by atoms with E-state index in [1.807, 2.05) is 0 Å². The number of aryl methyl sites for hydroxylation is 2. The van der Waals surface area contributed by atoms with Gasteiger partial charge in [0.1, 0.15) is 0 Å². The predicted molar refractivity (Wildman–Crippen MR) is 120 cm³/mol. The summed E-state index contributed by atoms with van der Waals surface area (Å²) in [6.45, 7) is 3.45. The Labute approximate surface area is 188 Å². The van der Waals surface area contributed by atoms with Crippen molar-refractivity contribution in [1.82, 2.24) is 9.97 Å². The van der Waals surface area contributed by atoms with E-state index in [0.717, 1.165) is 6.07 Å². The number of carbonyl (C=O) groups excluding carboxylic acids is 1. The molecule has 0 fully saturated rings. The summed E-state index contributed by atoms with van der Waals surface area (Å²) in [5, 5.41) is 15.7. The van der Waals surface area contributed by atoms with Crippen molar-refractivity contribution in [2.75, 3.05) is 15.4 Å². The summed E-state index contributed by atoms with van der Waals surface area (Å²) in [6, 6.07) is 10.1. The molecule has 0 bridgehead atoms. The molecule has 0 spiro atoms. The van der Waals surface area contributed by atoms with Gasteiger partial charge in [-0.3, -0.25) is 10.1 Å². The summed E-state index contributed by atoms with van der Waals surface area (Å²) < 4.78 is 27.4. The first kappa shape index (κ1) is 22.9. The van der Waals surface area contributed by atoms with E-state index in [1.54, 1.807) is 19.9 Å². The molecule has 166 valence electrons. The van der Waals surface area contributed by atoms with Crippen molar-refractivity contribution in [2.45, 2.75) is 18.7 Å². The molecule has 0 unspecified atom stereocenters. The lowest BCUT2D eigenvalue weighted by atomic mass is 10.3. The first-order chi connectivity index (χ1) is 15.0. The fourth-order valence-electron chi connectivity index (χ4n) is 2.67. The summed E-state index contributed by atoms with van der Waals surface area (Å²) in [5.74, 6) is -0.0379. The number of non-ortho nitro benzene ring substituents is 1.